The Labute approximate surface area is 94.3 Å². The Morgan fingerprint density at radius 1 is 1.07 bits per heavy atom. The number of phenols is 1. The van der Waals surface area contributed by atoms with Crippen LogP contribution in [-0.4, -0.2) is 5.11 Å². The molecule has 2 aromatic carbocycles. The van der Waals surface area contributed by atoms with Gasteiger partial charge in [0, 0.05) is 15.2 Å². The highest BCUT2D eigenvalue weighted by atomic mass is 79.9. The minimum Gasteiger partial charge on any atom is -0.504 e. The molecule has 2 nitrogen and oxygen atoms in total. The Bertz CT molecular complexity index is 655. The first-order chi connectivity index (χ1) is 7.25. The first-order valence-electron chi connectivity index (χ1n) is 4.55. The molecule has 0 amide bonds. The lowest BCUT2D eigenvalue weighted by Gasteiger charge is -1.90. The van der Waals surface area contributed by atoms with Gasteiger partial charge in [-0.25, -0.2) is 0 Å². The number of fused-ring (bicyclic) bond motifs is 3. The van der Waals surface area contributed by atoms with E-state index in [4.69, 9.17) is 4.42 Å². The van der Waals surface area contributed by atoms with Gasteiger partial charge in [0.15, 0.2) is 11.3 Å². The zero-order valence-corrected chi connectivity index (χ0v) is 9.28. The Morgan fingerprint density at radius 3 is 2.80 bits per heavy atom. The Morgan fingerprint density at radius 2 is 1.93 bits per heavy atom. The molecule has 0 atom stereocenters. The number of phenolic OH excluding ortho intramolecular Hbond substituents is 1. The molecule has 3 heteroatoms. The molecule has 0 bridgehead atoms. The lowest BCUT2D eigenvalue weighted by molar-refractivity contribution is 0.469. The fourth-order valence-corrected chi connectivity index (χ4v) is 2.10. The minimum absolute atomic E-state index is 0.180. The molecular weight excluding hydrogens is 256 g/mol. The van der Waals surface area contributed by atoms with E-state index in [1.165, 1.54) is 0 Å². The van der Waals surface area contributed by atoms with Crippen molar-refractivity contribution in [2.75, 3.05) is 0 Å². The van der Waals surface area contributed by atoms with Crippen LogP contribution in [0.3, 0.4) is 0 Å². The zero-order valence-electron chi connectivity index (χ0n) is 7.70. The summed E-state index contributed by atoms with van der Waals surface area (Å²) in [5.41, 5.74) is 1.33. The van der Waals surface area contributed by atoms with Gasteiger partial charge in [0.1, 0.15) is 5.58 Å². The number of aromatic hydroxyl groups is 1. The topological polar surface area (TPSA) is 33.4 Å². The van der Waals surface area contributed by atoms with Crippen molar-refractivity contribution in [1.29, 1.82) is 0 Å². The highest BCUT2D eigenvalue weighted by molar-refractivity contribution is 9.10. The van der Waals surface area contributed by atoms with E-state index in [2.05, 4.69) is 15.9 Å². The molecule has 3 aromatic rings. The summed E-state index contributed by atoms with van der Waals surface area (Å²) in [6.45, 7) is 0. The number of hydrogen-bond donors (Lipinski definition) is 1. The molecule has 0 saturated heterocycles. The van der Waals surface area contributed by atoms with Crippen LogP contribution in [0.15, 0.2) is 45.3 Å². The second-order valence-corrected chi connectivity index (χ2v) is 4.31. The van der Waals surface area contributed by atoms with Crippen LogP contribution in [0.5, 0.6) is 5.75 Å². The molecule has 74 valence electrons. The molecule has 15 heavy (non-hydrogen) atoms. The molecule has 0 spiro atoms. The number of para-hydroxylation sites is 1. The maximum absolute atomic E-state index is 9.64. The quantitative estimate of drug-likeness (QED) is 0.663. The van der Waals surface area contributed by atoms with Gasteiger partial charge in [-0.15, -0.1) is 0 Å². The summed E-state index contributed by atoms with van der Waals surface area (Å²) in [4.78, 5) is 0. The van der Waals surface area contributed by atoms with Crippen molar-refractivity contribution in [3.05, 3.63) is 40.9 Å². The Hall–Kier alpha value is -1.48. The van der Waals surface area contributed by atoms with Gasteiger partial charge in [-0.3, -0.25) is 0 Å². The van der Waals surface area contributed by atoms with Crippen molar-refractivity contribution in [1.82, 2.24) is 0 Å². The van der Waals surface area contributed by atoms with Crippen molar-refractivity contribution in [3.8, 4) is 5.75 Å². The van der Waals surface area contributed by atoms with Crippen LogP contribution >= 0.6 is 15.9 Å². The van der Waals surface area contributed by atoms with Crippen LogP contribution in [0.1, 0.15) is 0 Å². The van der Waals surface area contributed by atoms with E-state index in [1.54, 1.807) is 6.07 Å². The van der Waals surface area contributed by atoms with Crippen molar-refractivity contribution in [3.63, 3.8) is 0 Å². The van der Waals surface area contributed by atoms with Crippen molar-refractivity contribution < 1.29 is 9.52 Å². The van der Waals surface area contributed by atoms with Crippen LogP contribution in [-0.2, 0) is 0 Å². The summed E-state index contributed by atoms with van der Waals surface area (Å²) >= 11 is 3.39. The van der Waals surface area contributed by atoms with Crippen LogP contribution in [0.4, 0.5) is 0 Å². The highest BCUT2D eigenvalue weighted by Gasteiger charge is 2.09. The van der Waals surface area contributed by atoms with Crippen molar-refractivity contribution in [2.45, 2.75) is 0 Å². The van der Waals surface area contributed by atoms with Gasteiger partial charge >= 0.3 is 0 Å². The molecule has 1 N–H and O–H groups in total. The fraction of sp³-hybridized carbons (Fsp3) is 0. The number of furan rings is 1. The fourth-order valence-electron chi connectivity index (χ4n) is 1.76. The molecular formula is C12H7BrO2. The third-order valence-electron chi connectivity index (χ3n) is 2.44. The van der Waals surface area contributed by atoms with Crippen LogP contribution < -0.4 is 0 Å². The van der Waals surface area contributed by atoms with E-state index < -0.39 is 0 Å². The van der Waals surface area contributed by atoms with E-state index in [-0.39, 0.29) is 5.75 Å². The van der Waals surface area contributed by atoms with Crippen LogP contribution in [0.25, 0.3) is 21.9 Å². The summed E-state index contributed by atoms with van der Waals surface area (Å²) in [5.74, 6) is 0.180. The predicted molar refractivity (Wildman–Crippen MR) is 63.1 cm³/mol. The third-order valence-corrected chi connectivity index (χ3v) is 2.93. The van der Waals surface area contributed by atoms with Gasteiger partial charge in [0.25, 0.3) is 0 Å². The van der Waals surface area contributed by atoms with Gasteiger partial charge in [-0.2, -0.15) is 0 Å². The molecule has 0 aliphatic rings. The van der Waals surface area contributed by atoms with Crippen LogP contribution in [0, 0.1) is 0 Å². The number of halogens is 1. The second kappa shape index (κ2) is 3.00. The maximum atomic E-state index is 9.64. The molecule has 1 heterocycles. The SMILES string of the molecule is Oc1cccc2c1oc1cc(Br)ccc12. The van der Waals surface area contributed by atoms with Crippen LogP contribution in [0.2, 0.25) is 0 Å². The standard InChI is InChI=1S/C12H7BrO2/c13-7-4-5-8-9-2-1-3-10(14)12(9)15-11(8)6-7/h1-6,14H. The van der Waals surface area contributed by atoms with E-state index in [0.29, 0.717) is 5.58 Å². The van der Waals surface area contributed by atoms with E-state index in [1.807, 2.05) is 30.3 Å². The van der Waals surface area contributed by atoms with E-state index in [0.717, 1.165) is 20.8 Å². The van der Waals surface area contributed by atoms with E-state index >= 15 is 0 Å². The first-order valence-corrected chi connectivity index (χ1v) is 5.35. The smallest absolute Gasteiger partial charge is 0.177 e. The molecule has 0 fully saturated rings. The lowest BCUT2D eigenvalue weighted by atomic mass is 10.1. The molecule has 1 aromatic heterocycles. The molecule has 0 unspecified atom stereocenters. The maximum Gasteiger partial charge on any atom is 0.177 e. The third kappa shape index (κ3) is 1.23. The summed E-state index contributed by atoms with van der Waals surface area (Å²) in [6.07, 6.45) is 0. The Balaban J connectivity index is 2.57. The average molecular weight is 263 g/mol. The largest absolute Gasteiger partial charge is 0.504 e. The Kier molecular flexibility index (Phi) is 1.76. The number of benzene rings is 2. The van der Waals surface area contributed by atoms with Gasteiger partial charge in [0.2, 0.25) is 0 Å². The van der Waals surface area contributed by atoms with Gasteiger partial charge < -0.3 is 9.52 Å². The average Bonchev–Trinajstić information content (AvgIpc) is 2.57. The highest BCUT2D eigenvalue weighted by Crippen LogP contribution is 2.34. The summed E-state index contributed by atoms with van der Waals surface area (Å²) in [7, 11) is 0. The summed E-state index contributed by atoms with van der Waals surface area (Å²) in [6, 6.07) is 11.2. The van der Waals surface area contributed by atoms with Gasteiger partial charge in [-0.1, -0.05) is 28.1 Å². The van der Waals surface area contributed by atoms with E-state index in [9.17, 15) is 5.11 Å². The molecule has 0 saturated carbocycles. The number of rotatable bonds is 0. The van der Waals surface area contributed by atoms with Gasteiger partial charge in [-0.05, 0) is 24.3 Å². The van der Waals surface area contributed by atoms with Gasteiger partial charge in [0.05, 0.1) is 0 Å². The monoisotopic (exact) mass is 262 g/mol. The van der Waals surface area contributed by atoms with Crippen molar-refractivity contribution >= 4 is 37.9 Å². The molecule has 0 aliphatic carbocycles. The molecule has 0 aliphatic heterocycles. The summed E-state index contributed by atoms with van der Waals surface area (Å²) < 4.78 is 6.55. The predicted octanol–water partition coefficient (Wildman–Crippen LogP) is 4.05. The number of hydrogen-bond acceptors (Lipinski definition) is 2. The molecule has 0 radical (unpaired) electrons. The van der Waals surface area contributed by atoms with Crippen molar-refractivity contribution in [2.24, 2.45) is 0 Å². The minimum atomic E-state index is 0.180. The lowest BCUT2D eigenvalue weighted by Crippen LogP contribution is -1.67. The molecule has 3 rings (SSSR count). The zero-order chi connectivity index (χ0) is 10.4. The summed E-state index contributed by atoms with van der Waals surface area (Å²) in [5, 5.41) is 11.6. The first kappa shape index (κ1) is 8.80. The normalized spacial score (nSPS) is 11.3. The second-order valence-electron chi connectivity index (χ2n) is 3.40.